The second kappa shape index (κ2) is 9.58. The second-order valence-electron chi connectivity index (χ2n) is 8.67. The molecule has 0 aliphatic heterocycles. The number of phenolic OH excluding ortho intramolecular Hbond substituents is 1. The van der Waals surface area contributed by atoms with Gasteiger partial charge in [0.25, 0.3) is 0 Å². The number of hydrogen-bond donors (Lipinski definition) is 1. The number of fused-ring (bicyclic) bond motifs is 3. The number of nitrogens with zero attached hydrogens (tertiary/aromatic N) is 2. The highest BCUT2D eigenvalue weighted by Crippen LogP contribution is 2.43. The lowest BCUT2D eigenvalue weighted by atomic mass is 9.93. The van der Waals surface area contributed by atoms with E-state index in [1.54, 1.807) is 6.92 Å². The minimum absolute atomic E-state index is 0.207. The average Bonchev–Trinajstić information content (AvgIpc) is 3.45. The Kier molecular flexibility index (Phi) is 6.32. The van der Waals surface area contributed by atoms with Crippen molar-refractivity contribution >= 4 is 45.2 Å². The predicted octanol–water partition coefficient (Wildman–Crippen LogP) is 6.89. The maximum absolute atomic E-state index is 12.9. The van der Waals surface area contributed by atoms with Crippen LogP contribution < -0.4 is 0 Å². The normalized spacial score (nSPS) is 13.3. The molecule has 0 saturated heterocycles. The van der Waals surface area contributed by atoms with E-state index in [9.17, 15) is 20.0 Å². The molecule has 8 nitrogen and oxygen atoms in total. The Labute approximate surface area is 211 Å². The van der Waals surface area contributed by atoms with Gasteiger partial charge in [0.2, 0.25) is 5.75 Å². The fourth-order valence-corrected chi connectivity index (χ4v) is 5.52. The first-order valence-corrected chi connectivity index (χ1v) is 12.6. The van der Waals surface area contributed by atoms with Gasteiger partial charge in [-0.2, -0.15) is 0 Å². The third-order valence-electron chi connectivity index (χ3n) is 6.35. The summed E-state index contributed by atoms with van der Waals surface area (Å²) in [5.41, 5.74) is 4.02. The molecule has 0 spiro atoms. The number of hydrogen-bond acceptors (Lipinski definition) is 8. The minimum Gasteiger partial charge on any atom is -0.502 e. The van der Waals surface area contributed by atoms with E-state index in [1.807, 2.05) is 36.6 Å². The lowest BCUT2D eigenvalue weighted by Gasteiger charge is -2.10. The molecule has 0 radical (unpaired) electrons. The van der Waals surface area contributed by atoms with Crippen molar-refractivity contribution in [2.45, 2.75) is 39.5 Å². The number of carbonyl (C=O) groups is 1. The zero-order chi connectivity index (χ0) is 25.4. The first-order chi connectivity index (χ1) is 17.4. The molecule has 184 valence electrons. The highest BCUT2D eigenvalue weighted by molar-refractivity contribution is 7.14. The first kappa shape index (κ1) is 23.7. The molecule has 1 N–H and O–H groups in total. The van der Waals surface area contributed by atoms with Crippen LogP contribution in [0.4, 0.5) is 10.7 Å². The van der Waals surface area contributed by atoms with Crippen molar-refractivity contribution in [2.75, 3.05) is 6.61 Å². The van der Waals surface area contributed by atoms with E-state index < -0.39 is 22.3 Å². The molecule has 2 aromatic heterocycles. The number of benzene rings is 2. The van der Waals surface area contributed by atoms with Crippen LogP contribution in [0.15, 0.2) is 45.1 Å². The van der Waals surface area contributed by atoms with Gasteiger partial charge in [-0.15, -0.1) is 11.3 Å². The van der Waals surface area contributed by atoms with E-state index in [-0.39, 0.29) is 12.2 Å². The molecule has 0 saturated carbocycles. The maximum atomic E-state index is 12.9. The Hall–Kier alpha value is -3.98. The molecule has 1 aliphatic rings. The minimum atomic E-state index is -0.641. The van der Waals surface area contributed by atoms with Gasteiger partial charge in [0.1, 0.15) is 21.9 Å². The van der Waals surface area contributed by atoms with E-state index in [0.29, 0.717) is 27.1 Å². The molecule has 1 aliphatic carbocycles. The van der Waals surface area contributed by atoms with Gasteiger partial charge < -0.3 is 14.3 Å². The molecular formula is C27H24N2O6S. The van der Waals surface area contributed by atoms with E-state index in [4.69, 9.17) is 9.15 Å². The number of nitro groups is 1. The SMILES string of the molecule is CCOC(=O)c1c(-c2ccc(C)cc2)csc1N=Cc1c(O)c([N+](=O)[O-])cc2oc3c(c12)CCCC3. The highest BCUT2D eigenvalue weighted by atomic mass is 32.1. The predicted molar refractivity (Wildman–Crippen MR) is 139 cm³/mol. The zero-order valence-corrected chi connectivity index (χ0v) is 20.7. The van der Waals surface area contributed by atoms with Crippen molar-refractivity contribution in [1.82, 2.24) is 0 Å². The fraction of sp³-hybridized carbons (Fsp3) is 0.259. The number of thiophene rings is 1. The van der Waals surface area contributed by atoms with Crippen molar-refractivity contribution < 1.29 is 24.0 Å². The topological polar surface area (TPSA) is 115 Å². The Morgan fingerprint density at radius 1 is 1.28 bits per heavy atom. The van der Waals surface area contributed by atoms with Gasteiger partial charge in [-0.25, -0.2) is 9.79 Å². The summed E-state index contributed by atoms with van der Waals surface area (Å²) in [6, 6.07) is 9.06. The van der Waals surface area contributed by atoms with Crippen molar-refractivity contribution in [1.29, 1.82) is 0 Å². The van der Waals surface area contributed by atoms with E-state index in [2.05, 4.69) is 4.99 Å². The Bertz CT molecular complexity index is 1510. The smallest absolute Gasteiger partial charge is 0.341 e. The molecule has 0 unspecified atom stereocenters. The van der Waals surface area contributed by atoms with Crippen LogP contribution in [0.2, 0.25) is 0 Å². The van der Waals surface area contributed by atoms with Gasteiger partial charge >= 0.3 is 11.7 Å². The van der Waals surface area contributed by atoms with Crippen LogP contribution in [0, 0.1) is 17.0 Å². The van der Waals surface area contributed by atoms with Gasteiger partial charge in [0.05, 0.1) is 23.2 Å². The van der Waals surface area contributed by atoms with Gasteiger partial charge in [-0.1, -0.05) is 29.8 Å². The first-order valence-electron chi connectivity index (χ1n) is 11.7. The van der Waals surface area contributed by atoms with E-state index in [1.165, 1.54) is 23.6 Å². The maximum Gasteiger partial charge on any atom is 0.341 e. The van der Waals surface area contributed by atoms with Gasteiger partial charge in [-0.3, -0.25) is 10.1 Å². The van der Waals surface area contributed by atoms with Crippen LogP contribution in [-0.2, 0) is 17.6 Å². The summed E-state index contributed by atoms with van der Waals surface area (Å²) in [7, 11) is 0. The molecule has 0 amide bonds. The molecule has 5 rings (SSSR count). The summed E-state index contributed by atoms with van der Waals surface area (Å²) in [5.74, 6) is -0.190. The van der Waals surface area contributed by atoms with Crippen LogP contribution >= 0.6 is 11.3 Å². The largest absolute Gasteiger partial charge is 0.502 e. The average molecular weight is 505 g/mol. The summed E-state index contributed by atoms with van der Waals surface area (Å²) < 4.78 is 11.3. The number of ether oxygens (including phenoxy) is 1. The number of carbonyl (C=O) groups excluding carboxylic acids is 1. The molecule has 2 heterocycles. The fourth-order valence-electron chi connectivity index (χ4n) is 4.61. The number of rotatable bonds is 6. The van der Waals surface area contributed by atoms with Crippen LogP contribution in [0.1, 0.15) is 52.6 Å². The number of phenols is 1. The number of furan rings is 1. The molecule has 36 heavy (non-hydrogen) atoms. The van der Waals surface area contributed by atoms with Crippen molar-refractivity contribution in [3.63, 3.8) is 0 Å². The number of aryl methyl sites for hydroxylation is 3. The van der Waals surface area contributed by atoms with E-state index >= 15 is 0 Å². The summed E-state index contributed by atoms with van der Waals surface area (Å²) >= 11 is 1.26. The third-order valence-corrected chi connectivity index (χ3v) is 7.24. The van der Waals surface area contributed by atoms with Crippen LogP contribution in [0.3, 0.4) is 0 Å². The van der Waals surface area contributed by atoms with Crippen molar-refractivity contribution in [3.05, 3.63) is 73.8 Å². The summed E-state index contributed by atoms with van der Waals surface area (Å²) in [5, 5.41) is 25.4. The van der Waals surface area contributed by atoms with Crippen molar-refractivity contribution in [2.24, 2.45) is 4.99 Å². The van der Waals surface area contributed by atoms with Gasteiger partial charge in [0, 0.05) is 34.5 Å². The monoisotopic (exact) mass is 504 g/mol. The summed E-state index contributed by atoms with van der Waals surface area (Å²) in [6.07, 6.45) is 4.83. The lowest BCUT2D eigenvalue weighted by Crippen LogP contribution is -2.05. The highest BCUT2D eigenvalue weighted by Gasteiger charge is 2.28. The molecular weight excluding hydrogens is 480 g/mol. The number of aliphatic imine (C=N–C) groups is 1. The summed E-state index contributed by atoms with van der Waals surface area (Å²) in [4.78, 5) is 28.5. The van der Waals surface area contributed by atoms with Gasteiger partial charge in [0.15, 0.2) is 0 Å². The molecule has 4 aromatic rings. The summed E-state index contributed by atoms with van der Waals surface area (Å²) in [6.45, 7) is 3.93. The molecule has 0 atom stereocenters. The van der Waals surface area contributed by atoms with Crippen LogP contribution in [0.5, 0.6) is 5.75 Å². The van der Waals surface area contributed by atoms with Gasteiger partial charge in [-0.05, 0) is 38.7 Å². The second-order valence-corrected chi connectivity index (χ2v) is 9.53. The molecule has 0 fully saturated rings. The Balaban J connectivity index is 1.67. The number of esters is 1. The number of nitro benzene ring substituents is 1. The molecule has 0 bridgehead atoms. The quantitative estimate of drug-likeness (QED) is 0.132. The lowest BCUT2D eigenvalue weighted by molar-refractivity contribution is -0.385. The van der Waals surface area contributed by atoms with Crippen LogP contribution in [0.25, 0.3) is 22.1 Å². The van der Waals surface area contributed by atoms with E-state index in [0.717, 1.165) is 48.1 Å². The Morgan fingerprint density at radius 3 is 2.75 bits per heavy atom. The van der Waals surface area contributed by atoms with Crippen LogP contribution in [-0.4, -0.2) is 28.8 Å². The Morgan fingerprint density at radius 2 is 2.03 bits per heavy atom. The zero-order valence-electron chi connectivity index (χ0n) is 19.9. The molecule has 2 aromatic carbocycles. The standard InChI is InChI=1S/C27H24N2O6S/c1-3-34-27(31)24-19(16-10-8-15(2)9-11-16)14-36-26(24)28-13-18-23-17-6-4-5-7-21(17)35-22(23)12-20(25(18)30)29(32)33/h8-14,30H,3-7H2,1-2H3. The third kappa shape index (κ3) is 4.15. The van der Waals surface area contributed by atoms with Crippen molar-refractivity contribution in [3.8, 4) is 16.9 Å². The number of aromatic hydroxyl groups is 1. The molecule has 9 heteroatoms.